The molecule has 0 spiro atoms. The van der Waals surface area contributed by atoms with E-state index in [0.29, 0.717) is 11.0 Å². The van der Waals surface area contributed by atoms with Crippen LogP contribution in [0.15, 0.2) is 57.9 Å². The second-order valence-electron chi connectivity index (χ2n) is 5.04. The predicted octanol–water partition coefficient (Wildman–Crippen LogP) is 4.18. The number of allylic oxidation sites excluding steroid dienone is 1. The van der Waals surface area contributed by atoms with E-state index in [0.717, 1.165) is 11.8 Å². The molecule has 1 aromatic carbocycles. The molecule has 0 radical (unpaired) electrons. The standard InChI is InChI=1S/C10H13N.C10H6O2.2C2H6.H2/c1-3-9-6-4-5-7-10(9)8-11-2;1-7-6-8-4-2-3-5-9(8)12-10(7)11;2*1-2;/h3-7,11H,1,8H2,2H3;2,4,6H,1H3;2*1-2H3;1H. The number of fused-ring (bicyclic) bond motifs is 1. The zero-order valence-corrected chi connectivity index (χ0v) is 17.3. The van der Waals surface area contributed by atoms with Gasteiger partial charge in [-0.15, -0.1) is 0 Å². The highest BCUT2D eigenvalue weighted by Crippen LogP contribution is 2.08. The minimum atomic E-state index is -0.307. The minimum Gasteiger partial charge on any atom is -0.413 e. The Morgan fingerprint density at radius 1 is 1.22 bits per heavy atom. The van der Waals surface area contributed by atoms with E-state index in [4.69, 9.17) is 4.42 Å². The van der Waals surface area contributed by atoms with Crippen molar-refractivity contribution in [1.29, 1.82) is 0 Å². The summed E-state index contributed by atoms with van der Waals surface area (Å²) in [6, 6.07) is 10.0. The summed E-state index contributed by atoms with van der Waals surface area (Å²) in [4.78, 5) is 11.0. The highest BCUT2D eigenvalue weighted by atomic mass is 16.4. The third-order valence-corrected chi connectivity index (χ3v) is 3.33. The molecule has 1 aliphatic carbocycles. The lowest BCUT2D eigenvalue weighted by Gasteiger charge is -2.03. The molecule has 3 rings (SSSR count). The summed E-state index contributed by atoms with van der Waals surface area (Å²) < 4.78 is 4.95. The molecule has 0 amide bonds. The van der Waals surface area contributed by atoms with Gasteiger partial charge in [-0.1, -0.05) is 70.3 Å². The van der Waals surface area contributed by atoms with Crippen LogP contribution in [0.4, 0.5) is 0 Å². The highest BCUT2D eigenvalue weighted by molar-refractivity contribution is 5.51. The number of hydrogen-bond donors (Lipinski definition) is 1. The van der Waals surface area contributed by atoms with Gasteiger partial charge in [-0.2, -0.15) is 0 Å². The van der Waals surface area contributed by atoms with E-state index >= 15 is 0 Å². The summed E-state index contributed by atoms with van der Waals surface area (Å²) in [5.41, 5.74) is 8.73. The van der Waals surface area contributed by atoms with Crippen LogP contribution in [0.25, 0.3) is 17.9 Å². The van der Waals surface area contributed by atoms with Gasteiger partial charge in [-0.25, -0.2) is 4.79 Å². The molecule has 1 aromatic heterocycles. The summed E-state index contributed by atoms with van der Waals surface area (Å²) >= 11 is 0. The zero-order valence-electron chi connectivity index (χ0n) is 17.3. The van der Waals surface area contributed by atoms with Crippen molar-refractivity contribution in [1.82, 2.24) is 5.32 Å². The first-order valence-electron chi connectivity index (χ1n) is 9.33. The fourth-order valence-electron chi connectivity index (χ4n) is 2.13. The third-order valence-electron chi connectivity index (χ3n) is 3.33. The Morgan fingerprint density at radius 2 is 1.89 bits per heavy atom. The van der Waals surface area contributed by atoms with Crippen LogP contribution in [0, 0.1) is 6.92 Å². The van der Waals surface area contributed by atoms with Gasteiger partial charge in [0.2, 0.25) is 0 Å². The van der Waals surface area contributed by atoms with Crippen molar-refractivity contribution in [2.24, 2.45) is 0 Å². The maximum absolute atomic E-state index is 11.0. The van der Waals surface area contributed by atoms with Crippen molar-refractivity contribution in [3.05, 3.63) is 86.5 Å². The molecule has 0 atom stereocenters. The molecule has 0 unspecified atom stereocenters. The van der Waals surface area contributed by atoms with Crippen LogP contribution in [-0.4, -0.2) is 7.05 Å². The molecule has 0 fully saturated rings. The lowest BCUT2D eigenvalue weighted by Crippen LogP contribution is -2.29. The summed E-state index contributed by atoms with van der Waals surface area (Å²) in [5.74, 6) is 0. The van der Waals surface area contributed by atoms with Crippen LogP contribution in [-0.2, 0) is 6.54 Å². The van der Waals surface area contributed by atoms with Crippen molar-refractivity contribution in [2.45, 2.75) is 41.2 Å². The van der Waals surface area contributed by atoms with Gasteiger partial charge in [0.15, 0.2) is 5.42 Å². The van der Waals surface area contributed by atoms with E-state index in [1.54, 1.807) is 19.1 Å². The molecule has 0 saturated carbocycles. The number of benzene rings is 1. The van der Waals surface area contributed by atoms with Crippen LogP contribution in [0.5, 0.6) is 0 Å². The van der Waals surface area contributed by atoms with E-state index in [1.165, 1.54) is 11.1 Å². The largest absolute Gasteiger partial charge is 0.413 e. The van der Waals surface area contributed by atoms with Crippen molar-refractivity contribution in [3.8, 4) is 0 Å². The van der Waals surface area contributed by atoms with Crippen LogP contribution in [0.3, 0.4) is 0 Å². The Hall–Kier alpha value is -2.83. The van der Waals surface area contributed by atoms with Gasteiger partial charge in [-0.3, -0.25) is 0 Å². The van der Waals surface area contributed by atoms with E-state index in [2.05, 4.69) is 35.5 Å². The lowest BCUT2D eigenvalue weighted by molar-refractivity contribution is 0.469. The second kappa shape index (κ2) is 14.4. The van der Waals surface area contributed by atoms with Crippen molar-refractivity contribution in [3.63, 3.8) is 0 Å². The normalized spacial score (nSPS) is 9.56. The third kappa shape index (κ3) is 7.94. The molecule has 146 valence electrons. The fourth-order valence-corrected chi connectivity index (χ4v) is 2.13. The maximum Gasteiger partial charge on any atom is 0.339 e. The van der Waals surface area contributed by atoms with Gasteiger partial charge in [0, 0.05) is 18.8 Å². The number of hydrogen-bond acceptors (Lipinski definition) is 3. The van der Waals surface area contributed by atoms with Crippen LogP contribution in [0.1, 0.15) is 45.8 Å². The molecule has 27 heavy (non-hydrogen) atoms. The molecule has 3 nitrogen and oxygen atoms in total. The first-order valence-corrected chi connectivity index (χ1v) is 9.33. The minimum absolute atomic E-state index is 0. The Kier molecular flexibility index (Phi) is 12.8. The van der Waals surface area contributed by atoms with Gasteiger partial charge < -0.3 is 9.73 Å². The average Bonchev–Trinajstić information content (AvgIpc) is 2.73. The van der Waals surface area contributed by atoms with Crippen molar-refractivity contribution < 1.29 is 5.84 Å². The molecule has 2 aromatic rings. The number of rotatable bonds is 3. The smallest absolute Gasteiger partial charge is 0.339 e. The van der Waals surface area contributed by atoms with Gasteiger partial charge in [0.05, 0.1) is 0 Å². The molecule has 0 aliphatic heterocycles. The van der Waals surface area contributed by atoms with Crippen molar-refractivity contribution >= 4 is 17.9 Å². The van der Waals surface area contributed by atoms with Gasteiger partial charge in [0.25, 0.3) is 0 Å². The molecule has 1 N–H and O–H groups in total. The Bertz CT molecular complexity index is 961. The predicted molar refractivity (Wildman–Crippen MR) is 119 cm³/mol. The van der Waals surface area contributed by atoms with Gasteiger partial charge >= 0.3 is 5.63 Å². The summed E-state index contributed by atoms with van der Waals surface area (Å²) in [6.07, 6.45) is 5.45. The molecule has 1 aliphatic rings. The quantitative estimate of drug-likeness (QED) is 0.828. The monoisotopic (exact) mass is 367 g/mol. The van der Waals surface area contributed by atoms with E-state index in [9.17, 15) is 4.79 Å². The number of nitrogens with one attached hydrogen (secondary N) is 1. The van der Waals surface area contributed by atoms with Gasteiger partial charge in [-0.05, 0) is 49.0 Å². The molecular weight excluding hydrogens is 334 g/mol. The maximum atomic E-state index is 11.0. The SMILES string of the molecule is C=Cc1ccccc1CNC.CC.CC.Cc1cc2c(oc1=O)=C=C=CC=2.[HH]. The van der Waals surface area contributed by atoms with Gasteiger partial charge in [0.1, 0.15) is 0 Å². The second-order valence-corrected chi connectivity index (χ2v) is 5.04. The fraction of sp³-hybridized carbons (Fsp3) is 0.292. The molecule has 3 heteroatoms. The Morgan fingerprint density at radius 3 is 2.52 bits per heavy atom. The molecule has 1 heterocycles. The van der Waals surface area contributed by atoms with Crippen molar-refractivity contribution in [2.75, 3.05) is 7.05 Å². The van der Waals surface area contributed by atoms with Crippen LogP contribution >= 0.6 is 0 Å². The van der Waals surface area contributed by atoms with E-state index in [1.807, 2.05) is 59.0 Å². The molecular formula is C24H33NO2. The average molecular weight is 368 g/mol. The first kappa shape index (κ1) is 24.2. The van der Waals surface area contributed by atoms with E-state index < -0.39 is 0 Å². The topological polar surface area (TPSA) is 42.2 Å². The number of aryl methyl sites for hydroxylation is 1. The highest BCUT2D eigenvalue weighted by Gasteiger charge is 1.96. The van der Waals surface area contributed by atoms with Crippen LogP contribution < -0.4 is 21.6 Å². The Balaban J connectivity index is 0. The zero-order chi connectivity index (χ0) is 20.7. The summed E-state index contributed by atoms with van der Waals surface area (Å²) in [6.45, 7) is 14.4. The molecule has 0 bridgehead atoms. The summed E-state index contributed by atoms with van der Waals surface area (Å²) in [5, 5.41) is 3.99. The Labute approximate surface area is 164 Å². The van der Waals surface area contributed by atoms with Crippen LogP contribution in [0.2, 0.25) is 0 Å². The summed E-state index contributed by atoms with van der Waals surface area (Å²) in [7, 11) is 1.94. The lowest BCUT2D eigenvalue weighted by atomic mass is 10.1. The molecule has 0 saturated heterocycles. The van der Waals surface area contributed by atoms with E-state index in [-0.39, 0.29) is 7.05 Å². The first-order chi connectivity index (χ1) is 13.2.